The SMILES string of the molecule is Cc1oc(-c2ccccc2)nc1CCOc1ccc(CCC(=O)O)c(C(=O)NCc2ccncc2)c1. The second-order valence-electron chi connectivity index (χ2n) is 8.24. The molecule has 4 aromatic rings. The van der Waals surface area contributed by atoms with Crippen LogP contribution in [0.5, 0.6) is 5.75 Å². The Morgan fingerprint density at radius 2 is 1.81 bits per heavy atom. The topological polar surface area (TPSA) is 115 Å². The van der Waals surface area contributed by atoms with Gasteiger partial charge in [-0.25, -0.2) is 4.98 Å². The van der Waals surface area contributed by atoms with Gasteiger partial charge in [0.25, 0.3) is 5.91 Å². The minimum atomic E-state index is -0.920. The Hall–Kier alpha value is -4.46. The van der Waals surface area contributed by atoms with Crippen molar-refractivity contribution in [3.8, 4) is 17.2 Å². The van der Waals surface area contributed by atoms with E-state index in [1.54, 1.807) is 30.6 Å². The molecule has 184 valence electrons. The number of amides is 1. The zero-order chi connectivity index (χ0) is 25.3. The average molecular weight is 486 g/mol. The van der Waals surface area contributed by atoms with E-state index in [2.05, 4.69) is 15.3 Å². The zero-order valence-corrected chi connectivity index (χ0v) is 19.9. The van der Waals surface area contributed by atoms with Crippen molar-refractivity contribution in [2.45, 2.75) is 32.7 Å². The summed E-state index contributed by atoms with van der Waals surface area (Å²) in [6.07, 6.45) is 4.03. The molecule has 0 spiro atoms. The number of aryl methyl sites for hydroxylation is 2. The van der Waals surface area contributed by atoms with Crippen LogP contribution in [0.3, 0.4) is 0 Å². The van der Waals surface area contributed by atoms with Crippen molar-refractivity contribution < 1.29 is 23.8 Å². The molecule has 2 heterocycles. The number of nitrogens with one attached hydrogen (secondary N) is 1. The third kappa shape index (κ3) is 6.56. The van der Waals surface area contributed by atoms with Crippen molar-refractivity contribution >= 4 is 11.9 Å². The maximum Gasteiger partial charge on any atom is 0.303 e. The molecule has 0 saturated carbocycles. The minimum Gasteiger partial charge on any atom is -0.493 e. The second-order valence-corrected chi connectivity index (χ2v) is 8.24. The quantitative estimate of drug-likeness (QED) is 0.319. The smallest absolute Gasteiger partial charge is 0.303 e. The fourth-order valence-corrected chi connectivity index (χ4v) is 3.72. The molecule has 2 aromatic heterocycles. The monoisotopic (exact) mass is 485 g/mol. The molecule has 0 saturated heterocycles. The highest BCUT2D eigenvalue weighted by Gasteiger charge is 2.15. The summed E-state index contributed by atoms with van der Waals surface area (Å²) >= 11 is 0. The highest BCUT2D eigenvalue weighted by molar-refractivity contribution is 5.96. The maximum atomic E-state index is 13.0. The molecule has 4 rings (SSSR count). The second kappa shape index (κ2) is 11.8. The summed E-state index contributed by atoms with van der Waals surface area (Å²) in [4.78, 5) is 32.6. The summed E-state index contributed by atoms with van der Waals surface area (Å²) in [5.74, 6) is 0.609. The summed E-state index contributed by atoms with van der Waals surface area (Å²) in [5.41, 5.74) is 3.67. The number of ether oxygens (including phenoxy) is 1. The standard InChI is InChI=1S/C28H27N3O5/c1-19-25(31-28(36-19)22-5-3-2-4-6-22)13-16-35-23-9-7-21(8-10-26(32)33)24(17-23)27(34)30-18-20-11-14-29-15-12-20/h2-7,9,11-12,14-15,17H,8,10,13,16,18H2,1H3,(H,30,34)(H,32,33). The van der Waals surface area contributed by atoms with Crippen LogP contribution in [0.1, 0.15) is 39.4 Å². The molecule has 8 heteroatoms. The first kappa shape index (κ1) is 24.7. The van der Waals surface area contributed by atoms with Crippen molar-refractivity contribution in [2.75, 3.05) is 6.61 Å². The first-order valence-corrected chi connectivity index (χ1v) is 11.7. The molecule has 0 aliphatic carbocycles. The first-order chi connectivity index (χ1) is 17.5. The van der Waals surface area contributed by atoms with Crippen LogP contribution < -0.4 is 10.1 Å². The lowest BCUT2D eigenvalue weighted by Crippen LogP contribution is -2.24. The van der Waals surface area contributed by atoms with Gasteiger partial charge >= 0.3 is 5.97 Å². The van der Waals surface area contributed by atoms with Gasteiger partial charge in [-0.3, -0.25) is 14.6 Å². The summed E-state index contributed by atoms with van der Waals surface area (Å²) < 4.78 is 11.7. The largest absolute Gasteiger partial charge is 0.493 e. The summed E-state index contributed by atoms with van der Waals surface area (Å²) in [6, 6.07) is 18.5. The average Bonchev–Trinajstić information content (AvgIpc) is 3.27. The predicted molar refractivity (Wildman–Crippen MR) is 134 cm³/mol. The fraction of sp³-hybridized carbons (Fsp3) is 0.214. The van der Waals surface area contributed by atoms with Gasteiger partial charge in [-0.15, -0.1) is 0 Å². The van der Waals surface area contributed by atoms with Gasteiger partial charge in [0.2, 0.25) is 5.89 Å². The number of hydrogen-bond donors (Lipinski definition) is 2. The molecule has 0 unspecified atom stereocenters. The summed E-state index contributed by atoms with van der Waals surface area (Å²) in [7, 11) is 0. The third-order valence-electron chi connectivity index (χ3n) is 5.66. The van der Waals surface area contributed by atoms with Crippen LogP contribution in [0.15, 0.2) is 77.5 Å². The predicted octanol–water partition coefficient (Wildman–Crippen LogP) is 4.61. The van der Waals surface area contributed by atoms with Crippen molar-refractivity contribution in [1.29, 1.82) is 0 Å². The number of aromatic nitrogens is 2. The van der Waals surface area contributed by atoms with E-state index >= 15 is 0 Å². The maximum absolute atomic E-state index is 13.0. The van der Waals surface area contributed by atoms with E-state index in [9.17, 15) is 9.59 Å². The Balaban J connectivity index is 1.43. The lowest BCUT2D eigenvalue weighted by molar-refractivity contribution is -0.136. The van der Waals surface area contributed by atoms with Gasteiger partial charge in [0, 0.05) is 42.9 Å². The van der Waals surface area contributed by atoms with Crippen LogP contribution in [0.4, 0.5) is 0 Å². The molecule has 0 atom stereocenters. The Morgan fingerprint density at radius 3 is 2.56 bits per heavy atom. The highest BCUT2D eigenvalue weighted by atomic mass is 16.5. The number of benzene rings is 2. The van der Waals surface area contributed by atoms with E-state index in [1.165, 1.54) is 0 Å². The van der Waals surface area contributed by atoms with Gasteiger partial charge < -0.3 is 19.6 Å². The molecule has 0 bridgehead atoms. The fourth-order valence-electron chi connectivity index (χ4n) is 3.72. The van der Waals surface area contributed by atoms with Crippen molar-refractivity contribution in [3.63, 3.8) is 0 Å². The lowest BCUT2D eigenvalue weighted by atomic mass is 10.0. The van der Waals surface area contributed by atoms with Crippen LogP contribution in [0.2, 0.25) is 0 Å². The van der Waals surface area contributed by atoms with Crippen LogP contribution in [0, 0.1) is 6.92 Å². The molecule has 36 heavy (non-hydrogen) atoms. The van der Waals surface area contributed by atoms with Gasteiger partial charge in [0.05, 0.1) is 12.3 Å². The Bertz CT molecular complexity index is 1320. The molecule has 2 N–H and O–H groups in total. The van der Waals surface area contributed by atoms with Crippen LogP contribution in [-0.4, -0.2) is 33.6 Å². The van der Waals surface area contributed by atoms with Crippen molar-refractivity contribution in [3.05, 3.63) is 101 Å². The molecule has 0 aliphatic heterocycles. The van der Waals surface area contributed by atoms with Crippen LogP contribution in [-0.2, 0) is 24.2 Å². The van der Waals surface area contributed by atoms with Gasteiger partial charge in [0.15, 0.2) is 0 Å². The minimum absolute atomic E-state index is 0.0694. The molecule has 0 fully saturated rings. The molecule has 0 aliphatic rings. The van der Waals surface area contributed by atoms with E-state index in [1.807, 2.05) is 49.4 Å². The molecular formula is C28H27N3O5. The van der Waals surface area contributed by atoms with E-state index in [0.29, 0.717) is 42.3 Å². The lowest BCUT2D eigenvalue weighted by Gasteiger charge is -2.13. The zero-order valence-electron chi connectivity index (χ0n) is 19.9. The number of hydrogen-bond acceptors (Lipinski definition) is 6. The van der Waals surface area contributed by atoms with Crippen molar-refractivity contribution in [2.24, 2.45) is 0 Å². The number of pyridine rings is 1. The van der Waals surface area contributed by atoms with E-state index in [0.717, 1.165) is 22.6 Å². The van der Waals surface area contributed by atoms with Gasteiger partial charge in [-0.2, -0.15) is 0 Å². The Kier molecular flexibility index (Phi) is 8.08. The third-order valence-corrected chi connectivity index (χ3v) is 5.66. The number of rotatable bonds is 11. The summed E-state index contributed by atoms with van der Waals surface area (Å²) in [6.45, 7) is 2.55. The Morgan fingerprint density at radius 1 is 1.03 bits per heavy atom. The van der Waals surface area contributed by atoms with Gasteiger partial charge in [0.1, 0.15) is 11.5 Å². The van der Waals surface area contributed by atoms with Crippen LogP contribution in [0.25, 0.3) is 11.5 Å². The number of oxazole rings is 1. The number of carbonyl (C=O) groups excluding carboxylic acids is 1. The van der Waals surface area contributed by atoms with Crippen molar-refractivity contribution in [1.82, 2.24) is 15.3 Å². The van der Waals surface area contributed by atoms with E-state index in [-0.39, 0.29) is 18.7 Å². The Labute approximate surface area is 209 Å². The molecule has 0 radical (unpaired) electrons. The van der Waals surface area contributed by atoms with E-state index in [4.69, 9.17) is 14.3 Å². The number of nitrogens with zero attached hydrogens (tertiary/aromatic N) is 2. The molecule has 8 nitrogen and oxygen atoms in total. The number of carbonyl (C=O) groups is 2. The molecule has 2 aromatic carbocycles. The molecular weight excluding hydrogens is 458 g/mol. The normalized spacial score (nSPS) is 10.7. The van der Waals surface area contributed by atoms with Gasteiger partial charge in [-0.1, -0.05) is 24.3 Å². The number of carboxylic acids is 1. The first-order valence-electron chi connectivity index (χ1n) is 11.7. The van der Waals surface area contributed by atoms with Gasteiger partial charge in [-0.05, 0) is 60.9 Å². The molecule has 1 amide bonds. The summed E-state index contributed by atoms with van der Waals surface area (Å²) in [5, 5.41) is 12.0. The number of carboxylic acid groups (broad SMARTS) is 1. The highest BCUT2D eigenvalue weighted by Crippen LogP contribution is 2.23. The van der Waals surface area contributed by atoms with Crippen LogP contribution >= 0.6 is 0 Å². The number of aliphatic carboxylic acids is 1. The van der Waals surface area contributed by atoms with E-state index < -0.39 is 5.97 Å².